The fourth-order valence-corrected chi connectivity index (χ4v) is 2.39. The average molecular weight is 285 g/mol. The van der Waals surface area contributed by atoms with Crippen LogP contribution in [0.3, 0.4) is 0 Å². The molecule has 1 rings (SSSR count). The van der Waals surface area contributed by atoms with Crippen molar-refractivity contribution in [2.24, 2.45) is 5.73 Å². The Labute approximate surface area is 120 Å². The summed E-state index contributed by atoms with van der Waals surface area (Å²) in [5.41, 5.74) is 6.42. The summed E-state index contributed by atoms with van der Waals surface area (Å²) in [6.07, 6.45) is 0.995. The quantitative estimate of drug-likeness (QED) is 0.795. The zero-order chi connectivity index (χ0) is 15.1. The Morgan fingerprint density at radius 1 is 1.10 bits per heavy atom. The molecule has 0 fully saturated rings. The first-order valence-corrected chi connectivity index (χ1v) is 7.02. The lowest BCUT2D eigenvalue weighted by Gasteiger charge is -2.30. The van der Waals surface area contributed by atoms with Crippen LogP contribution in [-0.2, 0) is 0 Å². The highest BCUT2D eigenvalue weighted by Gasteiger charge is 2.18. The minimum Gasteiger partial charge on any atom is -0.329 e. The van der Waals surface area contributed by atoms with Gasteiger partial charge in [0.2, 0.25) is 0 Å². The number of nitrogens with two attached hydrogens (primary N) is 1. The van der Waals surface area contributed by atoms with E-state index in [0.29, 0.717) is 12.1 Å². The Bertz CT molecular complexity index is 390. The van der Waals surface area contributed by atoms with Gasteiger partial charge >= 0.3 is 0 Å². The second kappa shape index (κ2) is 8.29. The van der Waals surface area contributed by atoms with Gasteiger partial charge in [-0.1, -0.05) is 6.92 Å². The van der Waals surface area contributed by atoms with Crippen LogP contribution < -0.4 is 5.73 Å². The molecule has 0 heterocycles. The summed E-state index contributed by atoms with van der Waals surface area (Å²) in [5.74, 6) is -1.11. The second-order valence-electron chi connectivity index (χ2n) is 5.24. The van der Waals surface area contributed by atoms with Crippen molar-refractivity contribution in [2.75, 3.05) is 40.3 Å². The summed E-state index contributed by atoms with van der Waals surface area (Å²) >= 11 is 0. The van der Waals surface area contributed by atoms with Gasteiger partial charge in [0.05, 0.1) is 0 Å². The SMILES string of the molecule is CCN(CCCN(C)C)C(CN)c1cc(F)cc(F)c1. The van der Waals surface area contributed by atoms with Crippen molar-refractivity contribution >= 4 is 0 Å². The van der Waals surface area contributed by atoms with Gasteiger partial charge in [-0.3, -0.25) is 4.90 Å². The lowest BCUT2D eigenvalue weighted by Crippen LogP contribution is -2.35. The van der Waals surface area contributed by atoms with Gasteiger partial charge in [-0.25, -0.2) is 8.78 Å². The van der Waals surface area contributed by atoms with Crippen molar-refractivity contribution in [3.05, 3.63) is 35.4 Å². The molecule has 0 bridgehead atoms. The normalized spacial score (nSPS) is 13.2. The molecular weight excluding hydrogens is 260 g/mol. The number of nitrogens with zero attached hydrogens (tertiary/aromatic N) is 2. The van der Waals surface area contributed by atoms with Gasteiger partial charge in [0, 0.05) is 25.2 Å². The molecule has 20 heavy (non-hydrogen) atoms. The summed E-state index contributed by atoms with van der Waals surface area (Å²) in [5, 5.41) is 0. The molecule has 0 aromatic heterocycles. The monoisotopic (exact) mass is 285 g/mol. The minimum atomic E-state index is -0.553. The van der Waals surface area contributed by atoms with Crippen LogP contribution in [0.2, 0.25) is 0 Å². The molecule has 1 unspecified atom stereocenters. The van der Waals surface area contributed by atoms with Gasteiger partial charge in [0.25, 0.3) is 0 Å². The molecule has 0 radical (unpaired) electrons. The summed E-state index contributed by atoms with van der Waals surface area (Å²) < 4.78 is 26.7. The first-order valence-electron chi connectivity index (χ1n) is 7.02. The van der Waals surface area contributed by atoms with Crippen LogP contribution in [0.25, 0.3) is 0 Å². The molecular formula is C15H25F2N3. The smallest absolute Gasteiger partial charge is 0.126 e. The molecule has 0 aliphatic rings. The number of rotatable bonds is 8. The van der Waals surface area contributed by atoms with E-state index in [2.05, 4.69) is 9.80 Å². The number of likely N-dealkylation sites (N-methyl/N-ethyl adjacent to an activating group) is 1. The molecule has 1 atom stereocenters. The van der Waals surface area contributed by atoms with Crippen LogP contribution >= 0.6 is 0 Å². The Kier molecular flexibility index (Phi) is 7.05. The third-order valence-corrected chi connectivity index (χ3v) is 3.39. The van der Waals surface area contributed by atoms with Crippen LogP contribution in [0.15, 0.2) is 18.2 Å². The molecule has 114 valence electrons. The second-order valence-corrected chi connectivity index (χ2v) is 5.24. The van der Waals surface area contributed by atoms with Gasteiger partial charge in [-0.15, -0.1) is 0 Å². The summed E-state index contributed by atoms with van der Waals surface area (Å²) in [4.78, 5) is 4.28. The van der Waals surface area contributed by atoms with Gasteiger partial charge in [-0.05, 0) is 51.3 Å². The van der Waals surface area contributed by atoms with Crippen LogP contribution in [0.1, 0.15) is 24.9 Å². The topological polar surface area (TPSA) is 32.5 Å². The third kappa shape index (κ3) is 5.15. The predicted molar refractivity (Wildman–Crippen MR) is 78.6 cm³/mol. The van der Waals surface area contributed by atoms with E-state index in [1.165, 1.54) is 12.1 Å². The molecule has 5 heteroatoms. The van der Waals surface area contributed by atoms with E-state index < -0.39 is 11.6 Å². The molecule has 0 aliphatic heterocycles. The maximum Gasteiger partial charge on any atom is 0.126 e. The fraction of sp³-hybridized carbons (Fsp3) is 0.600. The third-order valence-electron chi connectivity index (χ3n) is 3.39. The van der Waals surface area contributed by atoms with Gasteiger partial charge in [0.15, 0.2) is 0 Å². The Balaban J connectivity index is 2.80. The van der Waals surface area contributed by atoms with E-state index in [1.807, 2.05) is 21.0 Å². The number of halogens is 2. The number of hydrogen-bond acceptors (Lipinski definition) is 3. The van der Waals surface area contributed by atoms with Crippen LogP contribution in [0.5, 0.6) is 0 Å². The van der Waals surface area contributed by atoms with Crippen molar-refractivity contribution in [3.63, 3.8) is 0 Å². The van der Waals surface area contributed by atoms with Crippen LogP contribution in [0, 0.1) is 11.6 Å². The van der Waals surface area contributed by atoms with Crippen molar-refractivity contribution in [2.45, 2.75) is 19.4 Å². The van der Waals surface area contributed by atoms with Crippen LogP contribution in [-0.4, -0.2) is 50.1 Å². The van der Waals surface area contributed by atoms with Crippen molar-refractivity contribution in [3.8, 4) is 0 Å². The number of benzene rings is 1. The van der Waals surface area contributed by atoms with Gasteiger partial charge < -0.3 is 10.6 Å². The highest BCUT2D eigenvalue weighted by atomic mass is 19.1. The maximum atomic E-state index is 13.3. The van der Waals surface area contributed by atoms with Crippen LogP contribution in [0.4, 0.5) is 8.78 Å². The lowest BCUT2D eigenvalue weighted by molar-refractivity contribution is 0.200. The fourth-order valence-electron chi connectivity index (χ4n) is 2.39. The highest BCUT2D eigenvalue weighted by molar-refractivity contribution is 5.22. The van der Waals surface area contributed by atoms with E-state index in [9.17, 15) is 8.78 Å². The van der Waals surface area contributed by atoms with E-state index in [4.69, 9.17) is 5.73 Å². The first kappa shape index (κ1) is 17.0. The van der Waals surface area contributed by atoms with Crippen molar-refractivity contribution in [1.29, 1.82) is 0 Å². The molecule has 0 saturated carbocycles. The molecule has 1 aromatic carbocycles. The van der Waals surface area contributed by atoms with E-state index >= 15 is 0 Å². The van der Waals surface area contributed by atoms with Gasteiger partial charge in [0.1, 0.15) is 11.6 Å². The lowest BCUT2D eigenvalue weighted by atomic mass is 10.0. The van der Waals surface area contributed by atoms with Gasteiger partial charge in [-0.2, -0.15) is 0 Å². The van der Waals surface area contributed by atoms with Crippen molar-refractivity contribution in [1.82, 2.24) is 9.80 Å². The average Bonchev–Trinajstić information content (AvgIpc) is 2.36. The van der Waals surface area contributed by atoms with Crippen molar-refractivity contribution < 1.29 is 8.78 Å². The maximum absolute atomic E-state index is 13.3. The molecule has 1 aromatic rings. The number of hydrogen-bond donors (Lipinski definition) is 1. The Morgan fingerprint density at radius 2 is 1.70 bits per heavy atom. The Hall–Kier alpha value is -1.04. The molecule has 0 amide bonds. The molecule has 0 aliphatic carbocycles. The largest absolute Gasteiger partial charge is 0.329 e. The summed E-state index contributed by atoms with van der Waals surface area (Å²) in [6, 6.07) is 3.48. The zero-order valence-electron chi connectivity index (χ0n) is 12.6. The first-order chi connectivity index (χ1) is 9.47. The molecule has 0 spiro atoms. The summed E-state index contributed by atoms with van der Waals surface area (Å²) in [7, 11) is 4.05. The Morgan fingerprint density at radius 3 is 2.15 bits per heavy atom. The predicted octanol–water partition coefficient (Wildman–Crippen LogP) is 2.24. The highest BCUT2D eigenvalue weighted by Crippen LogP contribution is 2.22. The standard InChI is InChI=1S/C15H25F2N3/c1-4-20(7-5-6-19(2)3)15(11-18)12-8-13(16)10-14(17)9-12/h8-10,15H,4-7,11,18H2,1-3H3. The van der Waals surface area contributed by atoms with E-state index in [1.54, 1.807) is 0 Å². The van der Waals surface area contributed by atoms with E-state index in [-0.39, 0.29) is 6.04 Å². The molecule has 2 N–H and O–H groups in total. The van der Waals surface area contributed by atoms with E-state index in [0.717, 1.165) is 32.1 Å². The minimum absolute atomic E-state index is 0.146. The summed E-state index contributed by atoms with van der Waals surface area (Å²) in [6.45, 7) is 5.01. The zero-order valence-corrected chi connectivity index (χ0v) is 12.6. The molecule has 3 nitrogen and oxygen atoms in total. The molecule has 0 saturated heterocycles.